The van der Waals surface area contributed by atoms with Crippen LogP contribution in [-0.4, -0.2) is 15.1 Å². The zero-order chi connectivity index (χ0) is 14.7. The first-order valence-corrected chi connectivity index (χ1v) is 6.73. The van der Waals surface area contributed by atoms with Crippen LogP contribution in [0.3, 0.4) is 0 Å². The van der Waals surface area contributed by atoms with Gasteiger partial charge in [-0.1, -0.05) is 41.9 Å². The number of nitrogens with one attached hydrogen (secondary N) is 1. The number of aromatic nitrogens is 2. The highest BCUT2D eigenvalue weighted by Crippen LogP contribution is 2.29. The predicted molar refractivity (Wildman–Crippen MR) is 83.9 cm³/mol. The van der Waals surface area contributed by atoms with Gasteiger partial charge in [0.1, 0.15) is 17.9 Å². The van der Waals surface area contributed by atoms with E-state index in [9.17, 15) is 5.11 Å². The van der Waals surface area contributed by atoms with E-state index in [1.54, 1.807) is 12.1 Å². The molecule has 0 atom stereocenters. The van der Waals surface area contributed by atoms with Gasteiger partial charge in [-0.25, -0.2) is 9.97 Å². The van der Waals surface area contributed by atoms with Gasteiger partial charge < -0.3 is 10.4 Å². The Morgan fingerprint density at radius 1 is 0.952 bits per heavy atom. The van der Waals surface area contributed by atoms with Crippen molar-refractivity contribution in [1.29, 1.82) is 0 Å². The summed E-state index contributed by atoms with van der Waals surface area (Å²) in [5.41, 5.74) is 2.30. The molecule has 0 saturated heterocycles. The van der Waals surface area contributed by atoms with E-state index < -0.39 is 0 Å². The van der Waals surface area contributed by atoms with Gasteiger partial charge in [-0.2, -0.15) is 0 Å². The Kier molecular flexibility index (Phi) is 3.71. The van der Waals surface area contributed by atoms with Crippen molar-refractivity contribution in [2.75, 3.05) is 5.32 Å². The SMILES string of the molecule is Oc1ccc(Cl)cc1Nc1cc(-c2ccccc2)ncn1. The number of rotatable bonds is 3. The molecule has 0 fully saturated rings. The minimum Gasteiger partial charge on any atom is -0.506 e. The lowest BCUT2D eigenvalue weighted by Crippen LogP contribution is -1.96. The van der Waals surface area contributed by atoms with Gasteiger partial charge in [0.05, 0.1) is 11.4 Å². The van der Waals surface area contributed by atoms with Gasteiger partial charge in [0, 0.05) is 16.7 Å². The van der Waals surface area contributed by atoms with Crippen LogP contribution >= 0.6 is 11.6 Å². The van der Waals surface area contributed by atoms with E-state index in [0.29, 0.717) is 16.5 Å². The molecule has 3 aromatic rings. The number of hydrogen-bond acceptors (Lipinski definition) is 4. The number of hydrogen-bond donors (Lipinski definition) is 2. The van der Waals surface area contributed by atoms with Gasteiger partial charge in [0.15, 0.2) is 0 Å². The fraction of sp³-hybridized carbons (Fsp3) is 0. The largest absolute Gasteiger partial charge is 0.506 e. The van der Waals surface area contributed by atoms with Crippen LogP contribution < -0.4 is 5.32 Å². The summed E-state index contributed by atoms with van der Waals surface area (Å²) < 4.78 is 0. The Hall–Kier alpha value is -2.59. The highest BCUT2D eigenvalue weighted by Gasteiger charge is 2.05. The van der Waals surface area contributed by atoms with Crippen molar-refractivity contribution in [3.05, 3.63) is 65.9 Å². The van der Waals surface area contributed by atoms with Crippen molar-refractivity contribution < 1.29 is 5.11 Å². The molecule has 0 spiro atoms. The van der Waals surface area contributed by atoms with Crippen molar-refractivity contribution in [1.82, 2.24) is 9.97 Å². The van der Waals surface area contributed by atoms with Crippen molar-refractivity contribution in [3.8, 4) is 17.0 Å². The van der Waals surface area contributed by atoms with Crippen molar-refractivity contribution >= 4 is 23.1 Å². The molecule has 0 amide bonds. The van der Waals surface area contributed by atoms with Crippen molar-refractivity contribution in [2.45, 2.75) is 0 Å². The minimum atomic E-state index is 0.110. The smallest absolute Gasteiger partial charge is 0.139 e. The number of aromatic hydroxyl groups is 1. The average molecular weight is 298 g/mol. The van der Waals surface area contributed by atoms with E-state index in [0.717, 1.165) is 11.3 Å². The summed E-state index contributed by atoms with van der Waals surface area (Å²) in [5.74, 6) is 0.695. The predicted octanol–water partition coefficient (Wildman–Crippen LogP) is 4.25. The highest BCUT2D eigenvalue weighted by molar-refractivity contribution is 6.30. The Balaban J connectivity index is 1.92. The van der Waals surface area contributed by atoms with Gasteiger partial charge in [0.25, 0.3) is 0 Å². The number of anilines is 2. The van der Waals surface area contributed by atoms with E-state index in [1.165, 1.54) is 12.4 Å². The summed E-state index contributed by atoms with van der Waals surface area (Å²) in [5, 5.41) is 13.4. The summed E-state index contributed by atoms with van der Waals surface area (Å²) >= 11 is 5.93. The minimum absolute atomic E-state index is 0.110. The first kappa shape index (κ1) is 13.4. The molecule has 21 heavy (non-hydrogen) atoms. The Labute approximate surface area is 127 Å². The van der Waals surface area contributed by atoms with Crippen LogP contribution in [0, 0.1) is 0 Å². The lowest BCUT2D eigenvalue weighted by Gasteiger charge is -2.09. The van der Waals surface area contributed by atoms with E-state index in [2.05, 4.69) is 15.3 Å². The van der Waals surface area contributed by atoms with E-state index in [-0.39, 0.29) is 5.75 Å². The molecule has 2 N–H and O–H groups in total. The van der Waals surface area contributed by atoms with Crippen molar-refractivity contribution in [2.24, 2.45) is 0 Å². The molecule has 5 heteroatoms. The van der Waals surface area contributed by atoms with Gasteiger partial charge in [0.2, 0.25) is 0 Å². The number of benzene rings is 2. The first-order chi connectivity index (χ1) is 10.2. The Bertz CT molecular complexity index is 762. The van der Waals surface area contributed by atoms with Gasteiger partial charge in [-0.15, -0.1) is 0 Å². The molecular weight excluding hydrogens is 286 g/mol. The number of phenols is 1. The molecule has 0 saturated carbocycles. The average Bonchev–Trinajstić information content (AvgIpc) is 2.52. The van der Waals surface area contributed by atoms with Crippen LogP contribution in [0.4, 0.5) is 11.5 Å². The van der Waals surface area contributed by atoms with Crippen LogP contribution in [0.5, 0.6) is 5.75 Å². The molecule has 0 unspecified atom stereocenters. The molecule has 104 valence electrons. The third kappa shape index (κ3) is 3.12. The molecule has 0 aliphatic rings. The number of phenolic OH excluding ortho intramolecular Hbond substituents is 1. The Morgan fingerprint density at radius 2 is 1.76 bits per heavy atom. The number of halogens is 1. The first-order valence-electron chi connectivity index (χ1n) is 6.35. The third-order valence-electron chi connectivity index (χ3n) is 2.96. The summed E-state index contributed by atoms with van der Waals surface area (Å²) in [6, 6.07) is 16.4. The van der Waals surface area contributed by atoms with Crippen LogP contribution in [-0.2, 0) is 0 Å². The van der Waals surface area contributed by atoms with Crippen LogP contribution in [0.1, 0.15) is 0 Å². The normalized spacial score (nSPS) is 10.3. The Morgan fingerprint density at radius 3 is 2.57 bits per heavy atom. The molecular formula is C16H12ClN3O. The standard InChI is InChI=1S/C16H12ClN3O/c17-12-6-7-15(21)14(8-12)20-16-9-13(18-10-19-16)11-4-2-1-3-5-11/h1-10,21H,(H,18,19,20). The van der Waals surface area contributed by atoms with E-state index in [1.807, 2.05) is 36.4 Å². The van der Waals surface area contributed by atoms with Crippen molar-refractivity contribution in [3.63, 3.8) is 0 Å². The fourth-order valence-electron chi connectivity index (χ4n) is 1.94. The fourth-order valence-corrected chi connectivity index (χ4v) is 2.11. The zero-order valence-corrected chi connectivity index (χ0v) is 11.7. The monoisotopic (exact) mass is 297 g/mol. The summed E-state index contributed by atoms with van der Waals surface area (Å²) in [6.45, 7) is 0. The lowest BCUT2D eigenvalue weighted by molar-refractivity contribution is 0.477. The maximum absolute atomic E-state index is 9.82. The molecule has 2 aromatic carbocycles. The quantitative estimate of drug-likeness (QED) is 0.710. The zero-order valence-electron chi connectivity index (χ0n) is 11.0. The second kappa shape index (κ2) is 5.81. The van der Waals surface area contributed by atoms with E-state index in [4.69, 9.17) is 11.6 Å². The number of nitrogens with zero attached hydrogens (tertiary/aromatic N) is 2. The molecule has 3 rings (SSSR count). The lowest BCUT2D eigenvalue weighted by atomic mass is 10.1. The molecule has 1 aromatic heterocycles. The van der Waals surface area contributed by atoms with Gasteiger partial charge >= 0.3 is 0 Å². The molecule has 0 radical (unpaired) electrons. The molecule has 0 bridgehead atoms. The van der Waals surface area contributed by atoms with Crippen LogP contribution in [0.25, 0.3) is 11.3 Å². The third-order valence-corrected chi connectivity index (χ3v) is 3.19. The molecule has 1 heterocycles. The molecule has 0 aliphatic carbocycles. The van der Waals surface area contributed by atoms with Gasteiger partial charge in [-0.05, 0) is 18.2 Å². The summed E-state index contributed by atoms with van der Waals surface area (Å²) in [6.07, 6.45) is 1.48. The second-order valence-electron chi connectivity index (χ2n) is 4.44. The van der Waals surface area contributed by atoms with Gasteiger partial charge in [-0.3, -0.25) is 0 Å². The van der Waals surface area contributed by atoms with Crippen LogP contribution in [0.2, 0.25) is 5.02 Å². The van der Waals surface area contributed by atoms with E-state index >= 15 is 0 Å². The molecule has 0 aliphatic heterocycles. The summed E-state index contributed by atoms with van der Waals surface area (Å²) in [7, 11) is 0. The maximum atomic E-state index is 9.82. The molecule has 4 nitrogen and oxygen atoms in total. The topological polar surface area (TPSA) is 58.0 Å². The second-order valence-corrected chi connectivity index (χ2v) is 4.88. The summed E-state index contributed by atoms with van der Waals surface area (Å²) in [4.78, 5) is 8.41. The maximum Gasteiger partial charge on any atom is 0.139 e. The van der Waals surface area contributed by atoms with Crippen LogP contribution in [0.15, 0.2) is 60.9 Å². The highest BCUT2D eigenvalue weighted by atomic mass is 35.5.